The van der Waals surface area contributed by atoms with Gasteiger partial charge in [-0.3, -0.25) is 0 Å². The van der Waals surface area contributed by atoms with Crippen molar-refractivity contribution in [1.29, 1.82) is 0 Å². The molecule has 0 spiro atoms. The molecular formula is C14H22N2O. The third-order valence-corrected chi connectivity index (χ3v) is 3.30. The standard InChI is InChI=1S/C14H22N2O/c1-2-11-17-13-7-4-9-15-14(13)16-10-8-12-5-3-6-12/h4,7,9,12H,2-3,5-6,8,10-11H2,1H3,(H,15,16). The Labute approximate surface area is 104 Å². The first kappa shape index (κ1) is 12.2. The number of anilines is 1. The summed E-state index contributed by atoms with van der Waals surface area (Å²) in [7, 11) is 0. The molecule has 0 bridgehead atoms. The van der Waals surface area contributed by atoms with Gasteiger partial charge in [-0.2, -0.15) is 0 Å². The van der Waals surface area contributed by atoms with E-state index in [9.17, 15) is 0 Å². The number of nitrogens with one attached hydrogen (secondary N) is 1. The lowest BCUT2D eigenvalue weighted by Crippen LogP contribution is -2.16. The van der Waals surface area contributed by atoms with Crippen molar-refractivity contribution in [3.05, 3.63) is 18.3 Å². The highest BCUT2D eigenvalue weighted by Gasteiger charge is 2.16. The van der Waals surface area contributed by atoms with Crippen molar-refractivity contribution in [2.75, 3.05) is 18.5 Å². The zero-order valence-electron chi connectivity index (χ0n) is 10.6. The highest BCUT2D eigenvalue weighted by atomic mass is 16.5. The molecule has 0 unspecified atom stereocenters. The van der Waals surface area contributed by atoms with Crippen LogP contribution >= 0.6 is 0 Å². The molecule has 1 fully saturated rings. The van der Waals surface area contributed by atoms with Crippen LogP contribution in [0, 0.1) is 5.92 Å². The van der Waals surface area contributed by atoms with E-state index in [0.717, 1.165) is 37.1 Å². The first-order valence-corrected chi connectivity index (χ1v) is 6.72. The van der Waals surface area contributed by atoms with Crippen LogP contribution < -0.4 is 10.1 Å². The minimum atomic E-state index is 0.753. The fourth-order valence-corrected chi connectivity index (χ4v) is 2.03. The molecule has 3 heteroatoms. The van der Waals surface area contributed by atoms with Gasteiger partial charge in [-0.15, -0.1) is 0 Å². The fourth-order valence-electron chi connectivity index (χ4n) is 2.03. The lowest BCUT2D eigenvalue weighted by molar-refractivity contribution is 0.301. The first-order valence-electron chi connectivity index (χ1n) is 6.72. The lowest BCUT2D eigenvalue weighted by Gasteiger charge is -2.25. The summed E-state index contributed by atoms with van der Waals surface area (Å²) in [6.45, 7) is 3.87. The molecule has 3 nitrogen and oxygen atoms in total. The fraction of sp³-hybridized carbons (Fsp3) is 0.643. The van der Waals surface area contributed by atoms with Crippen LogP contribution in [0.2, 0.25) is 0 Å². The maximum absolute atomic E-state index is 5.66. The van der Waals surface area contributed by atoms with E-state index in [2.05, 4.69) is 17.2 Å². The molecule has 0 atom stereocenters. The summed E-state index contributed by atoms with van der Waals surface area (Å²) in [4.78, 5) is 4.34. The van der Waals surface area contributed by atoms with Gasteiger partial charge in [0.2, 0.25) is 0 Å². The minimum Gasteiger partial charge on any atom is -0.490 e. The smallest absolute Gasteiger partial charge is 0.168 e. The van der Waals surface area contributed by atoms with Crippen LogP contribution in [0.15, 0.2) is 18.3 Å². The van der Waals surface area contributed by atoms with Gasteiger partial charge in [0, 0.05) is 12.7 Å². The van der Waals surface area contributed by atoms with Gasteiger partial charge < -0.3 is 10.1 Å². The lowest BCUT2D eigenvalue weighted by atomic mass is 9.83. The van der Waals surface area contributed by atoms with Crippen LogP contribution in [0.3, 0.4) is 0 Å². The van der Waals surface area contributed by atoms with Gasteiger partial charge in [-0.05, 0) is 30.9 Å². The number of pyridine rings is 1. The van der Waals surface area contributed by atoms with Gasteiger partial charge in [0.05, 0.1) is 6.61 Å². The average Bonchev–Trinajstić information content (AvgIpc) is 2.31. The van der Waals surface area contributed by atoms with E-state index in [-0.39, 0.29) is 0 Å². The van der Waals surface area contributed by atoms with Crippen molar-refractivity contribution in [2.45, 2.75) is 39.0 Å². The predicted octanol–water partition coefficient (Wildman–Crippen LogP) is 3.47. The summed E-state index contributed by atoms with van der Waals surface area (Å²) in [5.41, 5.74) is 0. The highest BCUT2D eigenvalue weighted by Crippen LogP contribution is 2.29. The molecule has 0 saturated heterocycles. The number of rotatable bonds is 7. The quantitative estimate of drug-likeness (QED) is 0.784. The third-order valence-electron chi connectivity index (χ3n) is 3.30. The van der Waals surface area contributed by atoms with Crippen molar-refractivity contribution in [1.82, 2.24) is 4.98 Å². The van der Waals surface area contributed by atoms with E-state index >= 15 is 0 Å². The first-order chi connectivity index (χ1) is 8.40. The zero-order valence-corrected chi connectivity index (χ0v) is 10.6. The highest BCUT2D eigenvalue weighted by molar-refractivity contribution is 5.49. The van der Waals surface area contributed by atoms with Crippen LogP contribution in [0.4, 0.5) is 5.82 Å². The van der Waals surface area contributed by atoms with Crippen molar-refractivity contribution < 1.29 is 4.74 Å². The maximum atomic E-state index is 5.66. The van der Waals surface area contributed by atoms with Gasteiger partial charge in [-0.1, -0.05) is 26.2 Å². The van der Waals surface area contributed by atoms with E-state index in [0.29, 0.717) is 0 Å². The summed E-state index contributed by atoms with van der Waals surface area (Å²) >= 11 is 0. The monoisotopic (exact) mass is 234 g/mol. The molecule has 0 aromatic carbocycles. The van der Waals surface area contributed by atoms with E-state index < -0.39 is 0 Å². The summed E-state index contributed by atoms with van der Waals surface area (Å²) < 4.78 is 5.66. The molecule has 0 aliphatic heterocycles. The molecule has 1 N–H and O–H groups in total. The second kappa shape index (κ2) is 6.48. The molecule has 94 valence electrons. The molecule has 1 aromatic heterocycles. The summed E-state index contributed by atoms with van der Waals surface area (Å²) in [6.07, 6.45) is 8.32. The van der Waals surface area contributed by atoms with Crippen molar-refractivity contribution in [2.24, 2.45) is 5.92 Å². The van der Waals surface area contributed by atoms with Crippen LogP contribution in [0.1, 0.15) is 39.0 Å². The number of hydrogen-bond donors (Lipinski definition) is 1. The number of ether oxygens (including phenoxy) is 1. The molecule has 1 aliphatic carbocycles. The van der Waals surface area contributed by atoms with Crippen LogP contribution in [0.5, 0.6) is 5.75 Å². The van der Waals surface area contributed by atoms with Crippen LogP contribution in [0.25, 0.3) is 0 Å². The average molecular weight is 234 g/mol. The van der Waals surface area contributed by atoms with Crippen molar-refractivity contribution in [3.63, 3.8) is 0 Å². The largest absolute Gasteiger partial charge is 0.490 e. The second-order valence-electron chi connectivity index (χ2n) is 4.71. The maximum Gasteiger partial charge on any atom is 0.168 e. The molecule has 0 radical (unpaired) electrons. The van der Waals surface area contributed by atoms with E-state index in [1.807, 2.05) is 18.3 Å². The van der Waals surface area contributed by atoms with Crippen LogP contribution in [-0.2, 0) is 0 Å². The molecule has 1 saturated carbocycles. The van der Waals surface area contributed by atoms with Gasteiger partial charge in [0.25, 0.3) is 0 Å². The summed E-state index contributed by atoms with van der Waals surface area (Å²) in [5.74, 6) is 2.70. The summed E-state index contributed by atoms with van der Waals surface area (Å²) in [5, 5.41) is 3.39. The Bertz CT molecular complexity index is 337. The van der Waals surface area contributed by atoms with Gasteiger partial charge in [0.15, 0.2) is 11.6 Å². The molecule has 2 rings (SSSR count). The third kappa shape index (κ3) is 3.62. The van der Waals surface area contributed by atoms with Crippen molar-refractivity contribution >= 4 is 5.82 Å². The summed E-state index contributed by atoms with van der Waals surface area (Å²) in [6, 6.07) is 3.90. The van der Waals surface area contributed by atoms with E-state index in [1.54, 1.807) is 0 Å². The SMILES string of the molecule is CCCOc1cccnc1NCCC1CCC1. The van der Waals surface area contributed by atoms with E-state index in [1.165, 1.54) is 25.7 Å². The molecule has 1 heterocycles. The van der Waals surface area contributed by atoms with Gasteiger partial charge in [0.1, 0.15) is 0 Å². The Hall–Kier alpha value is -1.25. The van der Waals surface area contributed by atoms with Gasteiger partial charge >= 0.3 is 0 Å². The Balaban J connectivity index is 1.80. The molecule has 0 amide bonds. The second-order valence-corrected chi connectivity index (χ2v) is 4.71. The number of aromatic nitrogens is 1. The Morgan fingerprint density at radius 3 is 3.06 bits per heavy atom. The normalized spacial score (nSPS) is 15.4. The zero-order chi connectivity index (χ0) is 11.9. The molecule has 17 heavy (non-hydrogen) atoms. The van der Waals surface area contributed by atoms with E-state index in [4.69, 9.17) is 4.74 Å². The Kier molecular flexibility index (Phi) is 4.65. The number of hydrogen-bond acceptors (Lipinski definition) is 3. The molecular weight excluding hydrogens is 212 g/mol. The van der Waals surface area contributed by atoms with Crippen molar-refractivity contribution in [3.8, 4) is 5.75 Å². The molecule has 1 aromatic rings. The Morgan fingerprint density at radius 2 is 2.35 bits per heavy atom. The Morgan fingerprint density at radius 1 is 1.47 bits per heavy atom. The minimum absolute atomic E-state index is 0.753. The molecule has 1 aliphatic rings. The topological polar surface area (TPSA) is 34.1 Å². The predicted molar refractivity (Wildman–Crippen MR) is 70.5 cm³/mol. The van der Waals surface area contributed by atoms with Crippen LogP contribution in [-0.4, -0.2) is 18.1 Å². The number of nitrogens with zero attached hydrogens (tertiary/aromatic N) is 1. The van der Waals surface area contributed by atoms with Gasteiger partial charge in [-0.25, -0.2) is 4.98 Å².